The van der Waals surface area contributed by atoms with Crippen LogP contribution in [-0.4, -0.2) is 9.97 Å². The molecular weight excluding hydrogens is 188 g/mol. The van der Waals surface area contributed by atoms with E-state index < -0.39 is 0 Å². The van der Waals surface area contributed by atoms with Gasteiger partial charge in [-0.05, 0) is 30.7 Å². The van der Waals surface area contributed by atoms with Crippen LogP contribution in [0.4, 0.5) is 0 Å². The van der Waals surface area contributed by atoms with Crippen LogP contribution in [0, 0.1) is 6.92 Å². The average molecular weight is 200 g/mol. The van der Waals surface area contributed by atoms with Crippen LogP contribution in [0.1, 0.15) is 11.3 Å². The molecule has 2 aromatic heterocycles. The van der Waals surface area contributed by atoms with Crippen molar-refractivity contribution in [3.05, 3.63) is 54.0 Å². The van der Waals surface area contributed by atoms with Crippen LogP contribution in [0.25, 0.3) is 0 Å². The zero-order valence-electron chi connectivity index (χ0n) is 8.55. The molecule has 3 heteroatoms. The van der Waals surface area contributed by atoms with E-state index in [-0.39, 0.29) is 0 Å². The number of ether oxygens (including phenoxy) is 1. The first-order chi connectivity index (χ1) is 7.34. The van der Waals surface area contributed by atoms with Crippen LogP contribution in [0.3, 0.4) is 0 Å². The Labute approximate surface area is 88.8 Å². The molecule has 0 unspecified atom stereocenters. The molecule has 0 saturated heterocycles. The highest BCUT2D eigenvalue weighted by Crippen LogP contribution is 2.09. The molecule has 0 atom stereocenters. The molecule has 2 rings (SSSR count). The van der Waals surface area contributed by atoms with Gasteiger partial charge in [0, 0.05) is 18.5 Å². The second-order valence-corrected chi connectivity index (χ2v) is 3.28. The monoisotopic (exact) mass is 200 g/mol. The van der Waals surface area contributed by atoms with Crippen LogP contribution in [0.2, 0.25) is 0 Å². The van der Waals surface area contributed by atoms with Crippen molar-refractivity contribution >= 4 is 0 Å². The van der Waals surface area contributed by atoms with E-state index in [2.05, 4.69) is 9.97 Å². The van der Waals surface area contributed by atoms with Crippen molar-refractivity contribution in [1.29, 1.82) is 0 Å². The van der Waals surface area contributed by atoms with E-state index in [1.165, 1.54) is 0 Å². The van der Waals surface area contributed by atoms with Gasteiger partial charge in [-0.1, -0.05) is 6.07 Å². The predicted molar refractivity (Wildman–Crippen MR) is 57.5 cm³/mol. The Kier molecular flexibility index (Phi) is 2.93. The summed E-state index contributed by atoms with van der Waals surface area (Å²) in [5.41, 5.74) is 2.04. The Morgan fingerprint density at radius 1 is 1.13 bits per heavy atom. The molecule has 0 aliphatic rings. The van der Waals surface area contributed by atoms with E-state index in [0.717, 1.165) is 11.3 Å². The molecule has 15 heavy (non-hydrogen) atoms. The molecule has 0 aliphatic carbocycles. The van der Waals surface area contributed by atoms with Gasteiger partial charge >= 0.3 is 0 Å². The summed E-state index contributed by atoms with van der Waals surface area (Å²) < 4.78 is 5.50. The topological polar surface area (TPSA) is 35.0 Å². The van der Waals surface area contributed by atoms with Gasteiger partial charge in [-0.25, -0.2) is 4.98 Å². The summed E-state index contributed by atoms with van der Waals surface area (Å²) >= 11 is 0. The fraction of sp³-hybridized carbons (Fsp3) is 0.167. The summed E-state index contributed by atoms with van der Waals surface area (Å²) in [5.74, 6) is 0.639. The van der Waals surface area contributed by atoms with Crippen molar-refractivity contribution in [3.63, 3.8) is 0 Å². The Morgan fingerprint density at radius 2 is 2.07 bits per heavy atom. The van der Waals surface area contributed by atoms with E-state index in [9.17, 15) is 0 Å². The molecule has 0 spiro atoms. The third kappa shape index (κ3) is 2.77. The molecule has 0 radical (unpaired) electrons. The number of hydrogen-bond acceptors (Lipinski definition) is 3. The van der Waals surface area contributed by atoms with Crippen molar-refractivity contribution in [2.45, 2.75) is 13.5 Å². The van der Waals surface area contributed by atoms with Crippen LogP contribution >= 0.6 is 0 Å². The summed E-state index contributed by atoms with van der Waals surface area (Å²) in [6.45, 7) is 2.46. The zero-order valence-corrected chi connectivity index (χ0v) is 8.55. The van der Waals surface area contributed by atoms with Gasteiger partial charge in [-0.15, -0.1) is 0 Å². The molecule has 76 valence electrons. The average Bonchev–Trinajstić information content (AvgIpc) is 2.28. The normalized spacial score (nSPS) is 9.93. The smallest absolute Gasteiger partial charge is 0.213 e. The second kappa shape index (κ2) is 4.55. The van der Waals surface area contributed by atoms with Crippen molar-refractivity contribution in [1.82, 2.24) is 9.97 Å². The Balaban J connectivity index is 1.99. The Bertz CT molecular complexity index is 429. The van der Waals surface area contributed by atoms with Gasteiger partial charge in [-0.3, -0.25) is 4.98 Å². The molecule has 0 aliphatic heterocycles. The lowest BCUT2D eigenvalue weighted by molar-refractivity contribution is 0.289. The van der Waals surface area contributed by atoms with Crippen molar-refractivity contribution in [2.75, 3.05) is 0 Å². The number of pyridine rings is 2. The van der Waals surface area contributed by atoms with Crippen LogP contribution in [0.5, 0.6) is 5.88 Å². The minimum absolute atomic E-state index is 0.456. The number of hydrogen-bond donors (Lipinski definition) is 0. The van der Waals surface area contributed by atoms with E-state index >= 15 is 0 Å². The predicted octanol–water partition coefficient (Wildman–Crippen LogP) is 2.36. The highest BCUT2D eigenvalue weighted by Gasteiger charge is 1.97. The lowest BCUT2D eigenvalue weighted by Crippen LogP contribution is -1.98. The van der Waals surface area contributed by atoms with Crippen molar-refractivity contribution in [3.8, 4) is 5.88 Å². The first kappa shape index (κ1) is 9.65. The minimum Gasteiger partial charge on any atom is -0.471 e. The molecule has 0 aromatic carbocycles. The quantitative estimate of drug-likeness (QED) is 0.762. The van der Waals surface area contributed by atoms with E-state index in [4.69, 9.17) is 4.74 Å². The third-order valence-corrected chi connectivity index (χ3v) is 1.98. The molecule has 3 nitrogen and oxygen atoms in total. The number of aryl methyl sites for hydroxylation is 1. The SMILES string of the molecule is Cc1ccnc(OCc2ccccn2)c1. The Hall–Kier alpha value is -1.90. The minimum atomic E-state index is 0.456. The summed E-state index contributed by atoms with van der Waals surface area (Å²) in [6, 6.07) is 9.59. The summed E-state index contributed by atoms with van der Waals surface area (Å²) in [5, 5.41) is 0. The maximum atomic E-state index is 5.50. The highest BCUT2D eigenvalue weighted by molar-refractivity contribution is 5.19. The molecule has 2 aromatic rings. The van der Waals surface area contributed by atoms with Gasteiger partial charge in [-0.2, -0.15) is 0 Å². The molecule has 0 N–H and O–H groups in total. The standard InChI is InChI=1S/C12H12N2O/c1-10-5-7-14-12(8-10)15-9-11-4-2-3-6-13-11/h2-8H,9H2,1H3. The summed E-state index contributed by atoms with van der Waals surface area (Å²) in [6.07, 6.45) is 3.49. The van der Waals surface area contributed by atoms with Gasteiger partial charge in [0.05, 0.1) is 5.69 Å². The maximum absolute atomic E-state index is 5.50. The number of aromatic nitrogens is 2. The number of rotatable bonds is 3. The lowest BCUT2D eigenvalue weighted by atomic mass is 10.3. The first-order valence-corrected chi connectivity index (χ1v) is 4.80. The summed E-state index contributed by atoms with van der Waals surface area (Å²) in [7, 11) is 0. The van der Waals surface area contributed by atoms with Gasteiger partial charge < -0.3 is 4.74 Å². The fourth-order valence-electron chi connectivity index (χ4n) is 1.22. The Morgan fingerprint density at radius 3 is 2.80 bits per heavy atom. The fourth-order valence-corrected chi connectivity index (χ4v) is 1.22. The molecule has 0 saturated carbocycles. The van der Waals surface area contributed by atoms with Gasteiger partial charge in [0.25, 0.3) is 0 Å². The van der Waals surface area contributed by atoms with Gasteiger partial charge in [0.15, 0.2) is 0 Å². The van der Waals surface area contributed by atoms with Crippen LogP contribution in [-0.2, 0) is 6.61 Å². The van der Waals surface area contributed by atoms with Gasteiger partial charge in [0.1, 0.15) is 6.61 Å². The van der Waals surface area contributed by atoms with E-state index in [1.54, 1.807) is 12.4 Å². The third-order valence-electron chi connectivity index (χ3n) is 1.98. The van der Waals surface area contributed by atoms with E-state index in [0.29, 0.717) is 12.5 Å². The number of nitrogens with zero attached hydrogens (tertiary/aromatic N) is 2. The van der Waals surface area contributed by atoms with Gasteiger partial charge in [0.2, 0.25) is 5.88 Å². The molecule has 0 bridgehead atoms. The zero-order chi connectivity index (χ0) is 10.5. The van der Waals surface area contributed by atoms with Crippen molar-refractivity contribution < 1.29 is 4.74 Å². The molecule has 2 heterocycles. The van der Waals surface area contributed by atoms with Crippen LogP contribution in [0.15, 0.2) is 42.7 Å². The maximum Gasteiger partial charge on any atom is 0.213 e. The largest absolute Gasteiger partial charge is 0.471 e. The second-order valence-electron chi connectivity index (χ2n) is 3.28. The highest BCUT2D eigenvalue weighted by atomic mass is 16.5. The molecule has 0 amide bonds. The van der Waals surface area contributed by atoms with Crippen LogP contribution < -0.4 is 4.74 Å². The summed E-state index contributed by atoms with van der Waals surface area (Å²) in [4.78, 5) is 8.27. The first-order valence-electron chi connectivity index (χ1n) is 4.80. The van der Waals surface area contributed by atoms with E-state index in [1.807, 2.05) is 37.3 Å². The lowest BCUT2D eigenvalue weighted by Gasteiger charge is -2.04. The molecule has 0 fully saturated rings. The molecular formula is C12H12N2O. The van der Waals surface area contributed by atoms with Crippen molar-refractivity contribution in [2.24, 2.45) is 0 Å².